The van der Waals surface area contributed by atoms with Crippen LogP contribution in [0.15, 0.2) is 35.4 Å². The molecule has 0 radical (unpaired) electrons. The lowest BCUT2D eigenvalue weighted by Gasteiger charge is -2.30. The second kappa shape index (κ2) is 7.62. The van der Waals surface area contributed by atoms with Gasteiger partial charge in [-0.15, -0.1) is 0 Å². The number of nitrogens with zero attached hydrogens (tertiary/aromatic N) is 4. The van der Waals surface area contributed by atoms with Gasteiger partial charge in [0.25, 0.3) is 0 Å². The molecular weight excluding hydrogens is 300 g/mol. The van der Waals surface area contributed by atoms with Crippen molar-refractivity contribution < 1.29 is 19.8 Å². The molecule has 1 aromatic carbocycles. The maximum absolute atomic E-state index is 12.2. The summed E-state index contributed by atoms with van der Waals surface area (Å²) >= 11 is 0. The Labute approximate surface area is 133 Å². The van der Waals surface area contributed by atoms with Gasteiger partial charge < -0.3 is 15.1 Å². The van der Waals surface area contributed by atoms with Crippen LogP contribution in [0.2, 0.25) is 0 Å². The first-order valence-corrected chi connectivity index (χ1v) is 7.28. The number of carboxylic acids is 1. The van der Waals surface area contributed by atoms with E-state index in [0.29, 0.717) is 0 Å². The molecule has 0 aliphatic carbocycles. The summed E-state index contributed by atoms with van der Waals surface area (Å²) in [6, 6.07) is 8.26. The molecule has 3 atom stereocenters. The molecule has 8 nitrogen and oxygen atoms in total. The molecule has 1 aliphatic rings. The number of aliphatic hydroxyl groups excluding tert-OH is 1. The smallest absolute Gasteiger partial charge is 0.334 e. The van der Waals surface area contributed by atoms with Crippen molar-refractivity contribution in [2.45, 2.75) is 25.0 Å². The van der Waals surface area contributed by atoms with Crippen molar-refractivity contribution >= 4 is 11.9 Å². The van der Waals surface area contributed by atoms with Crippen molar-refractivity contribution in [2.24, 2.45) is 11.0 Å². The van der Waals surface area contributed by atoms with Crippen LogP contribution in [0.5, 0.6) is 0 Å². The summed E-state index contributed by atoms with van der Waals surface area (Å²) in [5.41, 5.74) is 9.20. The molecule has 0 saturated carbocycles. The molecule has 122 valence electrons. The first-order chi connectivity index (χ1) is 11.0. The topological polar surface area (TPSA) is 127 Å². The standard InChI is InChI=1S/C15H18N4O4/c16-18-17-8-11-7-13(20)19(9-11)12(14(21)15(22)23)6-10-4-2-1-3-5-10/h1-5,11-12,14,21H,6-9H2,(H,22,23)/t11?,12-,14+/m1/s1. The van der Waals surface area contributed by atoms with E-state index in [9.17, 15) is 14.7 Å². The molecule has 2 rings (SSSR count). The lowest BCUT2D eigenvalue weighted by molar-refractivity contribution is -0.152. The molecule has 8 heteroatoms. The number of benzene rings is 1. The molecule has 1 amide bonds. The number of aliphatic hydroxyl groups is 1. The molecule has 1 saturated heterocycles. The molecule has 1 aromatic rings. The molecule has 2 N–H and O–H groups in total. The summed E-state index contributed by atoms with van der Waals surface area (Å²) in [5, 5.41) is 22.6. The summed E-state index contributed by atoms with van der Waals surface area (Å²) in [6.07, 6.45) is -1.23. The van der Waals surface area contributed by atoms with Gasteiger partial charge in [-0.25, -0.2) is 4.79 Å². The lowest BCUT2D eigenvalue weighted by Crippen LogP contribution is -2.49. The van der Waals surface area contributed by atoms with E-state index in [1.807, 2.05) is 30.3 Å². The summed E-state index contributed by atoms with van der Waals surface area (Å²) in [5.74, 6) is -1.75. The lowest BCUT2D eigenvalue weighted by atomic mass is 9.99. The molecule has 0 spiro atoms. The van der Waals surface area contributed by atoms with Gasteiger partial charge in [-0.2, -0.15) is 0 Å². The number of carboxylic acid groups (broad SMARTS) is 1. The van der Waals surface area contributed by atoms with E-state index in [1.165, 1.54) is 4.90 Å². The number of carbonyl (C=O) groups is 2. The van der Waals surface area contributed by atoms with E-state index in [0.717, 1.165) is 5.56 Å². The van der Waals surface area contributed by atoms with E-state index < -0.39 is 18.1 Å². The predicted molar refractivity (Wildman–Crippen MR) is 81.4 cm³/mol. The zero-order chi connectivity index (χ0) is 16.8. The third-order valence-electron chi connectivity index (χ3n) is 3.95. The Morgan fingerprint density at radius 2 is 2.13 bits per heavy atom. The maximum atomic E-state index is 12.2. The molecular formula is C15H18N4O4. The second-order valence-corrected chi connectivity index (χ2v) is 5.57. The van der Waals surface area contributed by atoms with Crippen LogP contribution < -0.4 is 0 Å². The largest absolute Gasteiger partial charge is 0.479 e. The van der Waals surface area contributed by atoms with Gasteiger partial charge in [-0.1, -0.05) is 35.4 Å². The van der Waals surface area contributed by atoms with Crippen molar-refractivity contribution in [3.63, 3.8) is 0 Å². The fourth-order valence-corrected chi connectivity index (χ4v) is 2.82. The van der Waals surface area contributed by atoms with E-state index >= 15 is 0 Å². The Balaban J connectivity index is 2.18. The van der Waals surface area contributed by atoms with Gasteiger partial charge in [0.05, 0.1) is 6.04 Å². The molecule has 0 bridgehead atoms. The highest BCUT2D eigenvalue weighted by Crippen LogP contribution is 2.24. The highest BCUT2D eigenvalue weighted by atomic mass is 16.4. The summed E-state index contributed by atoms with van der Waals surface area (Å²) in [4.78, 5) is 27.5. The van der Waals surface area contributed by atoms with Crippen LogP contribution in [-0.4, -0.2) is 52.2 Å². The van der Waals surface area contributed by atoms with Crippen molar-refractivity contribution in [1.29, 1.82) is 0 Å². The average molecular weight is 318 g/mol. The van der Waals surface area contributed by atoms with Gasteiger partial charge in [0.15, 0.2) is 6.10 Å². The Bertz CT molecular complexity index is 615. The number of likely N-dealkylation sites (tertiary alicyclic amines) is 1. The number of rotatable bonds is 7. The van der Waals surface area contributed by atoms with Crippen molar-refractivity contribution in [2.75, 3.05) is 13.1 Å². The van der Waals surface area contributed by atoms with Crippen molar-refractivity contribution in [3.8, 4) is 0 Å². The maximum Gasteiger partial charge on any atom is 0.334 e. The third kappa shape index (κ3) is 4.21. The van der Waals surface area contributed by atoms with Gasteiger partial charge in [0.1, 0.15) is 0 Å². The van der Waals surface area contributed by atoms with Gasteiger partial charge in [-0.05, 0) is 23.4 Å². The Hall–Kier alpha value is -2.57. The fraction of sp³-hybridized carbons (Fsp3) is 0.467. The molecule has 1 unspecified atom stereocenters. The molecule has 1 heterocycles. The summed E-state index contributed by atoms with van der Waals surface area (Å²) < 4.78 is 0. The fourth-order valence-electron chi connectivity index (χ4n) is 2.82. The number of carbonyl (C=O) groups excluding carboxylic acids is 1. The first-order valence-electron chi connectivity index (χ1n) is 7.28. The summed E-state index contributed by atoms with van der Waals surface area (Å²) in [6.45, 7) is 0.458. The van der Waals surface area contributed by atoms with Crippen LogP contribution in [0.25, 0.3) is 10.4 Å². The van der Waals surface area contributed by atoms with Gasteiger partial charge in [0, 0.05) is 24.4 Å². The van der Waals surface area contributed by atoms with Crippen LogP contribution in [-0.2, 0) is 16.0 Å². The van der Waals surface area contributed by atoms with Gasteiger partial charge >= 0.3 is 5.97 Å². The van der Waals surface area contributed by atoms with E-state index in [2.05, 4.69) is 10.0 Å². The van der Waals surface area contributed by atoms with Crippen molar-refractivity contribution in [1.82, 2.24) is 4.90 Å². The quantitative estimate of drug-likeness (QED) is 0.445. The normalized spacial score (nSPS) is 20.0. The summed E-state index contributed by atoms with van der Waals surface area (Å²) in [7, 11) is 0. The highest BCUT2D eigenvalue weighted by molar-refractivity contribution is 5.81. The number of aliphatic carboxylic acids is 1. The molecule has 1 aliphatic heterocycles. The van der Waals surface area contributed by atoms with Gasteiger partial charge in [0.2, 0.25) is 5.91 Å². The zero-order valence-electron chi connectivity index (χ0n) is 12.4. The second-order valence-electron chi connectivity index (χ2n) is 5.57. The number of hydrogen-bond acceptors (Lipinski definition) is 4. The van der Waals surface area contributed by atoms with Gasteiger partial charge in [-0.3, -0.25) is 4.79 Å². The minimum absolute atomic E-state index is 0.155. The molecule has 0 aromatic heterocycles. The van der Waals surface area contributed by atoms with Crippen LogP contribution in [0.4, 0.5) is 0 Å². The molecule has 23 heavy (non-hydrogen) atoms. The first kappa shape index (κ1) is 16.8. The number of hydrogen-bond donors (Lipinski definition) is 2. The average Bonchev–Trinajstić information content (AvgIpc) is 2.91. The minimum atomic E-state index is -1.67. The van der Waals surface area contributed by atoms with E-state index in [-0.39, 0.29) is 37.8 Å². The SMILES string of the molecule is [N-]=[N+]=NCC1CC(=O)N([C@H](Cc2ccccc2)[C@H](O)C(=O)O)C1. The van der Waals surface area contributed by atoms with Crippen molar-refractivity contribution in [3.05, 3.63) is 46.3 Å². The zero-order valence-corrected chi connectivity index (χ0v) is 12.4. The van der Waals surface area contributed by atoms with E-state index in [4.69, 9.17) is 10.6 Å². The van der Waals surface area contributed by atoms with Crippen LogP contribution in [0, 0.1) is 5.92 Å². The minimum Gasteiger partial charge on any atom is -0.479 e. The number of amides is 1. The predicted octanol–water partition coefficient (Wildman–Crippen LogP) is 1.20. The van der Waals surface area contributed by atoms with Crippen LogP contribution in [0.3, 0.4) is 0 Å². The highest BCUT2D eigenvalue weighted by Gasteiger charge is 2.39. The van der Waals surface area contributed by atoms with Crippen LogP contribution in [0.1, 0.15) is 12.0 Å². The Morgan fingerprint density at radius 3 is 2.74 bits per heavy atom. The Kier molecular flexibility index (Phi) is 5.56. The molecule has 1 fully saturated rings. The van der Waals surface area contributed by atoms with E-state index in [1.54, 1.807) is 0 Å². The van der Waals surface area contributed by atoms with Crippen LogP contribution >= 0.6 is 0 Å². The monoisotopic (exact) mass is 318 g/mol. The third-order valence-corrected chi connectivity index (χ3v) is 3.95. The number of azide groups is 1. The Morgan fingerprint density at radius 1 is 1.43 bits per heavy atom.